The minimum atomic E-state index is -0.181. The van der Waals surface area contributed by atoms with Crippen molar-refractivity contribution in [3.05, 3.63) is 23.8 Å². The normalized spacial score (nSPS) is 17.3. The predicted molar refractivity (Wildman–Crippen MR) is 93.3 cm³/mol. The summed E-state index contributed by atoms with van der Waals surface area (Å²) in [5.41, 5.74) is 2.52. The lowest BCUT2D eigenvalue weighted by atomic mass is 10.1. The highest BCUT2D eigenvalue weighted by Crippen LogP contribution is 2.25. The minimum absolute atomic E-state index is 0.0110. The zero-order valence-electron chi connectivity index (χ0n) is 14.2. The lowest BCUT2D eigenvalue weighted by molar-refractivity contribution is -0.136. The third kappa shape index (κ3) is 4.79. The Morgan fingerprint density at radius 3 is 2.76 bits per heavy atom. The number of rotatable bonds is 4. The third-order valence-electron chi connectivity index (χ3n) is 4.44. The molecule has 0 bridgehead atoms. The Morgan fingerprint density at radius 1 is 1.16 bits per heavy atom. The summed E-state index contributed by atoms with van der Waals surface area (Å²) in [6.07, 6.45) is 2.47. The summed E-state index contributed by atoms with van der Waals surface area (Å²) in [6, 6.07) is 5.47. The Bertz CT molecular complexity index is 668. The standard InChI is InChI=1S/C18H23N3O4/c22-16-3-1-2-13-12-14(4-5-15(13)20-16)19-17(23)6-7-18(24)21-8-10-25-11-9-21/h4-5,12H,1-3,6-11H2,(H,19,23)(H,20,22). The molecule has 0 atom stereocenters. The Labute approximate surface area is 146 Å². The molecule has 134 valence electrons. The van der Waals surface area contributed by atoms with Gasteiger partial charge in [0.15, 0.2) is 0 Å². The number of nitrogens with zero attached hydrogens (tertiary/aromatic N) is 1. The van der Waals surface area contributed by atoms with Crippen LogP contribution in [0.3, 0.4) is 0 Å². The van der Waals surface area contributed by atoms with Crippen LogP contribution < -0.4 is 10.6 Å². The van der Waals surface area contributed by atoms with E-state index in [0.717, 1.165) is 24.1 Å². The second kappa shape index (κ2) is 8.11. The molecule has 0 radical (unpaired) electrons. The first kappa shape index (κ1) is 17.4. The molecular weight excluding hydrogens is 322 g/mol. The minimum Gasteiger partial charge on any atom is -0.378 e. The van der Waals surface area contributed by atoms with Gasteiger partial charge in [-0.25, -0.2) is 0 Å². The van der Waals surface area contributed by atoms with Crippen molar-refractivity contribution in [1.29, 1.82) is 0 Å². The molecule has 7 heteroatoms. The largest absolute Gasteiger partial charge is 0.378 e. The molecule has 1 aromatic carbocycles. The highest BCUT2D eigenvalue weighted by Gasteiger charge is 2.18. The van der Waals surface area contributed by atoms with Gasteiger partial charge in [-0.1, -0.05) is 0 Å². The van der Waals surface area contributed by atoms with Gasteiger partial charge in [0, 0.05) is 43.7 Å². The van der Waals surface area contributed by atoms with Gasteiger partial charge in [-0.05, 0) is 36.6 Å². The van der Waals surface area contributed by atoms with Crippen LogP contribution in [0.1, 0.15) is 31.2 Å². The SMILES string of the molecule is O=C(CCC(=O)N1CCOCC1)Nc1ccc2c(c1)CCCC(=O)N2. The van der Waals surface area contributed by atoms with E-state index >= 15 is 0 Å². The van der Waals surface area contributed by atoms with Crippen LogP contribution in [0.15, 0.2) is 18.2 Å². The molecule has 0 aromatic heterocycles. The van der Waals surface area contributed by atoms with Crippen molar-refractivity contribution in [2.24, 2.45) is 0 Å². The summed E-state index contributed by atoms with van der Waals surface area (Å²) in [7, 11) is 0. The van der Waals surface area contributed by atoms with Gasteiger partial charge in [-0.3, -0.25) is 14.4 Å². The Kier molecular flexibility index (Phi) is 5.65. The van der Waals surface area contributed by atoms with Crippen molar-refractivity contribution in [2.75, 3.05) is 36.9 Å². The van der Waals surface area contributed by atoms with Gasteiger partial charge in [0.2, 0.25) is 17.7 Å². The molecule has 0 aliphatic carbocycles. The second-order valence-electron chi connectivity index (χ2n) is 6.31. The number of ether oxygens (including phenoxy) is 1. The fraction of sp³-hybridized carbons (Fsp3) is 0.500. The quantitative estimate of drug-likeness (QED) is 0.866. The maximum absolute atomic E-state index is 12.1. The number of aryl methyl sites for hydroxylation is 1. The molecule has 25 heavy (non-hydrogen) atoms. The van der Waals surface area contributed by atoms with E-state index < -0.39 is 0 Å². The van der Waals surface area contributed by atoms with E-state index in [1.165, 1.54) is 0 Å². The first-order valence-electron chi connectivity index (χ1n) is 8.70. The summed E-state index contributed by atoms with van der Waals surface area (Å²) >= 11 is 0. The van der Waals surface area contributed by atoms with Gasteiger partial charge < -0.3 is 20.3 Å². The predicted octanol–water partition coefficient (Wildman–Crippen LogP) is 1.54. The molecule has 2 heterocycles. The van der Waals surface area contributed by atoms with Gasteiger partial charge in [0.25, 0.3) is 0 Å². The van der Waals surface area contributed by atoms with E-state index in [-0.39, 0.29) is 30.6 Å². The fourth-order valence-corrected chi connectivity index (χ4v) is 3.07. The summed E-state index contributed by atoms with van der Waals surface area (Å²) in [5, 5.41) is 5.70. The van der Waals surface area contributed by atoms with Gasteiger partial charge >= 0.3 is 0 Å². The number of carbonyl (C=O) groups is 3. The maximum atomic E-state index is 12.1. The van der Waals surface area contributed by atoms with Gasteiger partial charge in [0.1, 0.15) is 0 Å². The van der Waals surface area contributed by atoms with Crippen molar-refractivity contribution in [3.63, 3.8) is 0 Å². The van der Waals surface area contributed by atoms with E-state index in [2.05, 4.69) is 10.6 Å². The molecule has 1 fully saturated rings. The molecule has 1 aromatic rings. The van der Waals surface area contributed by atoms with Crippen LogP contribution in [0.5, 0.6) is 0 Å². The number of amides is 3. The molecule has 7 nitrogen and oxygen atoms in total. The molecule has 3 rings (SSSR count). The Hall–Kier alpha value is -2.41. The van der Waals surface area contributed by atoms with Gasteiger partial charge in [0.05, 0.1) is 13.2 Å². The van der Waals surface area contributed by atoms with Crippen LogP contribution in [-0.4, -0.2) is 48.9 Å². The van der Waals surface area contributed by atoms with E-state index in [0.29, 0.717) is 38.4 Å². The first-order chi connectivity index (χ1) is 12.1. The van der Waals surface area contributed by atoms with Crippen molar-refractivity contribution in [1.82, 2.24) is 4.90 Å². The smallest absolute Gasteiger partial charge is 0.224 e. The topological polar surface area (TPSA) is 87.7 Å². The van der Waals surface area contributed by atoms with Crippen LogP contribution in [0.4, 0.5) is 11.4 Å². The first-order valence-corrected chi connectivity index (χ1v) is 8.70. The van der Waals surface area contributed by atoms with Crippen molar-refractivity contribution >= 4 is 29.1 Å². The number of nitrogens with one attached hydrogen (secondary N) is 2. The zero-order valence-corrected chi connectivity index (χ0v) is 14.2. The molecule has 1 saturated heterocycles. The zero-order chi connectivity index (χ0) is 17.6. The van der Waals surface area contributed by atoms with Crippen LogP contribution in [0.25, 0.3) is 0 Å². The Morgan fingerprint density at radius 2 is 1.96 bits per heavy atom. The van der Waals surface area contributed by atoms with Crippen molar-refractivity contribution in [2.45, 2.75) is 32.1 Å². The number of carbonyl (C=O) groups excluding carboxylic acids is 3. The van der Waals surface area contributed by atoms with Crippen LogP contribution in [0.2, 0.25) is 0 Å². The van der Waals surface area contributed by atoms with Crippen molar-refractivity contribution in [3.8, 4) is 0 Å². The van der Waals surface area contributed by atoms with Gasteiger partial charge in [-0.2, -0.15) is 0 Å². The van der Waals surface area contributed by atoms with Crippen LogP contribution >= 0.6 is 0 Å². The van der Waals surface area contributed by atoms with E-state index in [4.69, 9.17) is 4.74 Å². The second-order valence-corrected chi connectivity index (χ2v) is 6.31. The summed E-state index contributed by atoms with van der Waals surface area (Å²) in [6.45, 7) is 2.31. The molecular formula is C18H23N3O4. The maximum Gasteiger partial charge on any atom is 0.224 e. The highest BCUT2D eigenvalue weighted by atomic mass is 16.5. The number of anilines is 2. The highest BCUT2D eigenvalue weighted by molar-refractivity contribution is 5.95. The fourth-order valence-electron chi connectivity index (χ4n) is 3.07. The van der Waals surface area contributed by atoms with E-state index in [9.17, 15) is 14.4 Å². The molecule has 2 aliphatic heterocycles. The third-order valence-corrected chi connectivity index (χ3v) is 4.44. The van der Waals surface area contributed by atoms with Crippen molar-refractivity contribution < 1.29 is 19.1 Å². The molecule has 2 N–H and O–H groups in total. The molecule has 2 aliphatic rings. The summed E-state index contributed by atoms with van der Waals surface area (Å²) in [4.78, 5) is 37.5. The number of fused-ring (bicyclic) bond motifs is 1. The molecule has 3 amide bonds. The summed E-state index contributed by atoms with van der Waals surface area (Å²) < 4.78 is 5.22. The molecule has 0 saturated carbocycles. The average Bonchev–Trinajstić information content (AvgIpc) is 2.80. The van der Waals surface area contributed by atoms with Gasteiger partial charge in [-0.15, -0.1) is 0 Å². The number of morpholine rings is 1. The number of hydrogen-bond donors (Lipinski definition) is 2. The molecule has 0 unspecified atom stereocenters. The monoisotopic (exact) mass is 345 g/mol. The lowest BCUT2D eigenvalue weighted by Crippen LogP contribution is -2.40. The van der Waals surface area contributed by atoms with Crippen LogP contribution in [-0.2, 0) is 25.5 Å². The number of hydrogen-bond acceptors (Lipinski definition) is 4. The number of benzene rings is 1. The van der Waals surface area contributed by atoms with Crippen LogP contribution in [0, 0.1) is 0 Å². The Balaban J connectivity index is 1.51. The average molecular weight is 345 g/mol. The van der Waals surface area contributed by atoms with E-state index in [1.807, 2.05) is 12.1 Å². The lowest BCUT2D eigenvalue weighted by Gasteiger charge is -2.26. The molecule has 0 spiro atoms. The van der Waals surface area contributed by atoms with E-state index in [1.54, 1.807) is 11.0 Å². The summed E-state index contributed by atoms with van der Waals surface area (Å²) in [5.74, 6) is -0.167.